The molecule has 1 heterocycles. The Labute approximate surface area is 156 Å². The molecule has 26 heavy (non-hydrogen) atoms. The van der Waals surface area contributed by atoms with Crippen molar-refractivity contribution in [2.45, 2.75) is 30.2 Å². The maximum atomic E-state index is 12.1. The monoisotopic (exact) mass is 365 g/mol. The van der Waals surface area contributed by atoms with Crippen LogP contribution in [0.25, 0.3) is 11.4 Å². The van der Waals surface area contributed by atoms with Crippen molar-refractivity contribution >= 4 is 23.4 Å². The Balaban J connectivity index is 1.31. The highest BCUT2D eigenvalue weighted by molar-refractivity contribution is 7.99. The normalized spacial score (nSPS) is 13.5. The minimum Gasteiger partial charge on any atom is -0.326 e. The number of nitrogens with one attached hydrogen (secondary N) is 1. The molecule has 4 rings (SSSR count). The number of nitrogens with zero attached hydrogens (tertiary/aromatic N) is 4. The Hall–Kier alpha value is -2.67. The summed E-state index contributed by atoms with van der Waals surface area (Å²) in [5.74, 6) is 1.55. The molecule has 0 bridgehead atoms. The largest absolute Gasteiger partial charge is 0.326 e. The second kappa shape index (κ2) is 7.70. The molecule has 1 fully saturated rings. The molecule has 1 saturated carbocycles. The van der Waals surface area contributed by atoms with Crippen molar-refractivity contribution in [2.24, 2.45) is 0 Å². The van der Waals surface area contributed by atoms with Gasteiger partial charge in [-0.3, -0.25) is 4.79 Å². The molecule has 0 saturated heterocycles. The SMILES string of the molecule is O=C(CCSc1ccccc1)Nc1ccc(-c2nnnn2C2CC2)cc1. The summed E-state index contributed by atoms with van der Waals surface area (Å²) in [6.07, 6.45) is 2.74. The minimum atomic E-state index is 0.0176. The smallest absolute Gasteiger partial charge is 0.225 e. The van der Waals surface area contributed by atoms with E-state index in [0.29, 0.717) is 12.5 Å². The van der Waals surface area contributed by atoms with E-state index in [1.807, 2.05) is 47.1 Å². The van der Waals surface area contributed by atoms with E-state index in [-0.39, 0.29) is 5.91 Å². The predicted octanol–water partition coefficient (Wildman–Crippen LogP) is 3.80. The van der Waals surface area contributed by atoms with Crippen molar-refractivity contribution in [1.29, 1.82) is 0 Å². The van der Waals surface area contributed by atoms with E-state index in [9.17, 15) is 4.79 Å². The molecule has 3 aromatic rings. The van der Waals surface area contributed by atoms with E-state index < -0.39 is 0 Å². The van der Waals surface area contributed by atoms with Crippen molar-refractivity contribution < 1.29 is 4.79 Å². The summed E-state index contributed by atoms with van der Waals surface area (Å²) in [6, 6.07) is 18.2. The lowest BCUT2D eigenvalue weighted by atomic mass is 10.2. The molecule has 0 atom stereocenters. The molecule has 0 aliphatic heterocycles. The number of carbonyl (C=O) groups excluding carboxylic acids is 1. The lowest BCUT2D eigenvalue weighted by Crippen LogP contribution is -2.12. The molecule has 1 aromatic heterocycles. The van der Waals surface area contributed by atoms with Crippen LogP contribution < -0.4 is 5.32 Å². The van der Waals surface area contributed by atoms with Gasteiger partial charge in [0.1, 0.15) is 0 Å². The van der Waals surface area contributed by atoms with Crippen LogP contribution in [0.5, 0.6) is 0 Å². The zero-order chi connectivity index (χ0) is 17.8. The zero-order valence-corrected chi connectivity index (χ0v) is 15.0. The molecule has 1 aliphatic carbocycles. The molecule has 132 valence electrons. The van der Waals surface area contributed by atoms with Crippen molar-refractivity contribution in [3.63, 3.8) is 0 Å². The van der Waals surface area contributed by atoms with Crippen LogP contribution in [-0.2, 0) is 4.79 Å². The van der Waals surface area contributed by atoms with Gasteiger partial charge in [0.05, 0.1) is 6.04 Å². The van der Waals surface area contributed by atoms with Crippen molar-refractivity contribution in [3.8, 4) is 11.4 Å². The molecule has 1 aliphatic rings. The number of benzene rings is 2. The van der Waals surface area contributed by atoms with Gasteiger partial charge in [-0.2, -0.15) is 0 Å². The number of tetrazole rings is 1. The minimum absolute atomic E-state index is 0.0176. The summed E-state index contributed by atoms with van der Waals surface area (Å²) in [6.45, 7) is 0. The fraction of sp³-hybridized carbons (Fsp3) is 0.263. The molecule has 0 spiro atoms. The Morgan fingerprint density at radius 3 is 2.62 bits per heavy atom. The van der Waals surface area contributed by atoms with Crippen LogP contribution in [0.4, 0.5) is 5.69 Å². The summed E-state index contributed by atoms with van der Waals surface area (Å²) in [4.78, 5) is 13.3. The van der Waals surface area contributed by atoms with Gasteiger partial charge in [-0.1, -0.05) is 18.2 Å². The van der Waals surface area contributed by atoms with Crippen LogP contribution in [-0.4, -0.2) is 31.9 Å². The molecule has 7 heteroatoms. The fourth-order valence-electron chi connectivity index (χ4n) is 2.65. The average molecular weight is 365 g/mol. The summed E-state index contributed by atoms with van der Waals surface area (Å²) in [5, 5.41) is 14.9. The molecule has 0 unspecified atom stereocenters. The van der Waals surface area contributed by atoms with Gasteiger partial charge < -0.3 is 5.32 Å². The van der Waals surface area contributed by atoms with Crippen LogP contribution >= 0.6 is 11.8 Å². The average Bonchev–Trinajstić information content (AvgIpc) is 3.40. The topological polar surface area (TPSA) is 72.7 Å². The number of thioether (sulfide) groups is 1. The highest BCUT2D eigenvalue weighted by Crippen LogP contribution is 2.36. The Morgan fingerprint density at radius 1 is 1.12 bits per heavy atom. The summed E-state index contributed by atoms with van der Waals surface area (Å²) in [5.41, 5.74) is 1.74. The van der Waals surface area contributed by atoms with E-state index in [4.69, 9.17) is 0 Å². The third kappa shape index (κ3) is 4.11. The van der Waals surface area contributed by atoms with Gasteiger partial charge in [-0.05, 0) is 59.7 Å². The third-order valence-electron chi connectivity index (χ3n) is 4.15. The van der Waals surface area contributed by atoms with Crippen molar-refractivity contribution in [1.82, 2.24) is 20.2 Å². The van der Waals surface area contributed by atoms with E-state index in [1.54, 1.807) is 11.8 Å². The zero-order valence-electron chi connectivity index (χ0n) is 14.2. The van der Waals surface area contributed by atoms with E-state index in [2.05, 4.69) is 33.0 Å². The van der Waals surface area contributed by atoms with Crippen LogP contribution in [0.3, 0.4) is 0 Å². The molecular formula is C19H19N5OS. The van der Waals surface area contributed by atoms with Crippen LogP contribution in [0.2, 0.25) is 0 Å². The third-order valence-corrected chi connectivity index (χ3v) is 5.17. The van der Waals surface area contributed by atoms with Gasteiger partial charge in [-0.25, -0.2) is 4.68 Å². The standard InChI is InChI=1S/C19H19N5OS/c25-18(12-13-26-17-4-2-1-3-5-17)20-15-8-6-14(7-9-15)19-21-22-23-24(19)16-10-11-16/h1-9,16H,10-13H2,(H,20,25). The lowest BCUT2D eigenvalue weighted by molar-refractivity contribution is -0.115. The second-order valence-corrected chi connectivity index (χ2v) is 7.38. The summed E-state index contributed by atoms with van der Waals surface area (Å²) in [7, 11) is 0. The van der Waals surface area contributed by atoms with Crippen LogP contribution in [0, 0.1) is 0 Å². The number of aromatic nitrogens is 4. The number of anilines is 1. The first-order valence-electron chi connectivity index (χ1n) is 8.65. The van der Waals surface area contributed by atoms with Crippen molar-refractivity contribution in [2.75, 3.05) is 11.1 Å². The molecule has 1 amide bonds. The molecule has 2 aromatic carbocycles. The number of rotatable bonds is 7. The Morgan fingerprint density at radius 2 is 1.88 bits per heavy atom. The Kier molecular flexibility index (Phi) is 4.97. The predicted molar refractivity (Wildman–Crippen MR) is 102 cm³/mol. The maximum absolute atomic E-state index is 12.1. The van der Waals surface area contributed by atoms with E-state index in [0.717, 1.165) is 35.7 Å². The lowest BCUT2D eigenvalue weighted by Gasteiger charge is -2.07. The fourth-order valence-corrected chi connectivity index (χ4v) is 3.53. The van der Waals surface area contributed by atoms with Crippen molar-refractivity contribution in [3.05, 3.63) is 54.6 Å². The van der Waals surface area contributed by atoms with E-state index >= 15 is 0 Å². The Bertz CT molecular complexity index is 874. The quantitative estimate of drug-likeness (QED) is 0.645. The van der Waals surface area contributed by atoms with Gasteiger partial charge in [0.25, 0.3) is 0 Å². The highest BCUT2D eigenvalue weighted by Gasteiger charge is 2.28. The first kappa shape index (κ1) is 16.8. The first-order valence-corrected chi connectivity index (χ1v) is 9.64. The summed E-state index contributed by atoms with van der Waals surface area (Å²) >= 11 is 1.68. The second-order valence-electron chi connectivity index (χ2n) is 6.22. The highest BCUT2D eigenvalue weighted by atomic mass is 32.2. The van der Waals surface area contributed by atoms with Gasteiger partial charge in [0, 0.05) is 28.3 Å². The van der Waals surface area contributed by atoms with Crippen LogP contribution in [0.15, 0.2) is 59.5 Å². The maximum Gasteiger partial charge on any atom is 0.225 e. The first-order chi connectivity index (χ1) is 12.8. The number of carbonyl (C=O) groups is 1. The van der Waals surface area contributed by atoms with Gasteiger partial charge in [0.2, 0.25) is 5.91 Å². The van der Waals surface area contributed by atoms with Crippen LogP contribution in [0.1, 0.15) is 25.3 Å². The number of hydrogen-bond donors (Lipinski definition) is 1. The summed E-state index contributed by atoms with van der Waals surface area (Å²) < 4.78 is 1.88. The van der Waals surface area contributed by atoms with Gasteiger partial charge in [-0.15, -0.1) is 16.9 Å². The van der Waals surface area contributed by atoms with E-state index in [1.165, 1.54) is 4.90 Å². The number of hydrogen-bond acceptors (Lipinski definition) is 5. The molecule has 1 N–H and O–H groups in total. The van der Waals surface area contributed by atoms with Gasteiger partial charge >= 0.3 is 0 Å². The van der Waals surface area contributed by atoms with Gasteiger partial charge in [0.15, 0.2) is 5.82 Å². The molecule has 0 radical (unpaired) electrons. The number of amides is 1. The molecular weight excluding hydrogens is 346 g/mol. The molecule has 6 nitrogen and oxygen atoms in total.